The van der Waals surface area contributed by atoms with Crippen LogP contribution in [-0.2, 0) is 4.79 Å². The predicted molar refractivity (Wildman–Crippen MR) is 81.6 cm³/mol. The van der Waals surface area contributed by atoms with E-state index >= 15 is 0 Å². The van der Waals surface area contributed by atoms with E-state index in [4.69, 9.17) is 5.11 Å². The third-order valence-electron chi connectivity index (χ3n) is 2.95. The molecule has 1 atom stereocenters. The number of thioether (sulfide) groups is 1. The fourth-order valence-electron chi connectivity index (χ4n) is 1.64. The van der Waals surface area contributed by atoms with Crippen LogP contribution in [0.2, 0.25) is 0 Å². The maximum absolute atomic E-state index is 12.0. The minimum Gasteiger partial charge on any atom is -0.477 e. The molecule has 0 fully saturated rings. The third-order valence-corrected chi connectivity index (χ3v) is 5.29. The van der Waals surface area contributed by atoms with Crippen LogP contribution in [0.3, 0.4) is 0 Å². The molecule has 1 amide bonds. The number of aromatic carboxylic acids is 1. The Morgan fingerprint density at radius 2 is 2.00 bits per heavy atom. The van der Waals surface area contributed by atoms with Gasteiger partial charge in [-0.2, -0.15) is 0 Å². The highest BCUT2D eigenvalue weighted by atomic mass is 32.2. The Bertz CT molecular complexity index is 484. The van der Waals surface area contributed by atoms with Crippen LogP contribution in [0.4, 0.5) is 0 Å². The van der Waals surface area contributed by atoms with E-state index in [-0.39, 0.29) is 22.1 Å². The summed E-state index contributed by atoms with van der Waals surface area (Å²) in [6, 6.07) is 0.193. The molecule has 1 rings (SSSR count). The number of hydrogen-bond acceptors (Lipinski definition) is 5. The molecule has 1 heterocycles. The molecule has 5 nitrogen and oxygen atoms in total. The maximum atomic E-state index is 12.0. The van der Waals surface area contributed by atoms with Crippen LogP contribution in [0.15, 0.2) is 4.34 Å². The molecule has 0 spiro atoms. The summed E-state index contributed by atoms with van der Waals surface area (Å²) in [5.74, 6) is -1.01. The molecule has 0 bridgehead atoms. The van der Waals surface area contributed by atoms with Crippen molar-refractivity contribution < 1.29 is 14.7 Å². The molecule has 0 saturated carbocycles. The van der Waals surface area contributed by atoms with Crippen molar-refractivity contribution >= 4 is 35.0 Å². The van der Waals surface area contributed by atoms with Gasteiger partial charge in [-0.15, -0.1) is 11.3 Å². The fraction of sp³-hybridized carbons (Fsp3) is 0.615. The van der Waals surface area contributed by atoms with Gasteiger partial charge < -0.3 is 10.4 Å². The predicted octanol–water partition coefficient (Wildman–Crippen LogP) is 2.94. The highest BCUT2D eigenvalue weighted by Crippen LogP contribution is 2.30. The van der Waals surface area contributed by atoms with E-state index < -0.39 is 5.97 Å². The van der Waals surface area contributed by atoms with Crippen LogP contribution < -0.4 is 5.32 Å². The Labute approximate surface area is 127 Å². The maximum Gasteiger partial charge on any atom is 0.347 e. The number of nitrogens with one attached hydrogen (secondary N) is 1. The molecular formula is C13H20N2O3S2. The van der Waals surface area contributed by atoms with Crippen molar-refractivity contribution in [3.63, 3.8) is 0 Å². The number of nitrogens with zero attached hydrogens (tertiary/aromatic N) is 1. The molecule has 0 aliphatic heterocycles. The van der Waals surface area contributed by atoms with Crippen LogP contribution in [0.1, 0.15) is 49.0 Å². The number of aromatic nitrogens is 1. The summed E-state index contributed by atoms with van der Waals surface area (Å²) in [6.45, 7) is 7.55. The molecule has 112 valence electrons. The molecule has 20 heavy (non-hydrogen) atoms. The Kier molecular flexibility index (Phi) is 6.48. The van der Waals surface area contributed by atoms with Gasteiger partial charge in [0.15, 0.2) is 4.34 Å². The summed E-state index contributed by atoms with van der Waals surface area (Å²) in [6.07, 6.45) is 1.80. The van der Waals surface area contributed by atoms with E-state index in [9.17, 15) is 9.59 Å². The second-order valence-electron chi connectivity index (χ2n) is 4.48. The Hall–Kier alpha value is -1.08. The van der Waals surface area contributed by atoms with Gasteiger partial charge >= 0.3 is 5.97 Å². The lowest BCUT2D eigenvalue weighted by Crippen LogP contribution is -2.38. The lowest BCUT2D eigenvalue weighted by molar-refractivity contribution is -0.121. The Morgan fingerprint density at radius 3 is 2.45 bits per heavy atom. The molecule has 7 heteroatoms. The van der Waals surface area contributed by atoms with E-state index in [1.54, 1.807) is 13.8 Å². The topological polar surface area (TPSA) is 79.3 Å². The van der Waals surface area contributed by atoms with Crippen molar-refractivity contribution in [1.82, 2.24) is 10.3 Å². The van der Waals surface area contributed by atoms with Crippen molar-refractivity contribution in [2.24, 2.45) is 0 Å². The van der Waals surface area contributed by atoms with Crippen molar-refractivity contribution in [1.29, 1.82) is 0 Å². The van der Waals surface area contributed by atoms with Crippen molar-refractivity contribution in [2.75, 3.05) is 0 Å². The number of carboxylic acid groups (broad SMARTS) is 1. The minimum atomic E-state index is -0.971. The molecular weight excluding hydrogens is 296 g/mol. The smallest absolute Gasteiger partial charge is 0.347 e. The van der Waals surface area contributed by atoms with Gasteiger partial charge in [0.1, 0.15) is 4.88 Å². The van der Waals surface area contributed by atoms with E-state index in [0.717, 1.165) is 24.2 Å². The standard InChI is InChI=1S/C13H20N2O3S2/c1-5-9(6-2)15-11(16)8(4)19-13-14-7(3)10(20-13)12(17)18/h8-9H,5-6H2,1-4H3,(H,15,16)(H,17,18). The van der Waals surface area contributed by atoms with E-state index in [2.05, 4.69) is 10.3 Å². The lowest BCUT2D eigenvalue weighted by atomic mass is 10.2. The van der Waals surface area contributed by atoms with Gasteiger partial charge in [0, 0.05) is 6.04 Å². The molecule has 1 aromatic rings. The largest absolute Gasteiger partial charge is 0.477 e. The molecule has 2 N–H and O–H groups in total. The number of rotatable bonds is 7. The van der Waals surface area contributed by atoms with Gasteiger partial charge in [0.05, 0.1) is 10.9 Å². The lowest BCUT2D eigenvalue weighted by Gasteiger charge is -2.17. The van der Waals surface area contributed by atoms with Gasteiger partial charge in [-0.1, -0.05) is 25.6 Å². The first-order valence-electron chi connectivity index (χ1n) is 6.56. The zero-order chi connectivity index (χ0) is 15.3. The summed E-state index contributed by atoms with van der Waals surface area (Å²) in [7, 11) is 0. The second-order valence-corrected chi connectivity index (χ2v) is 7.07. The Balaban J connectivity index is 2.66. The van der Waals surface area contributed by atoms with Crippen LogP contribution in [0.5, 0.6) is 0 Å². The molecule has 0 aliphatic carbocycles. The average Bonchev–Trinajstić information content (AvgIpc) is 2.76. The van der Waals surface area contributed by atoms with E-state index in [1.165, 1.54) is 11.8 Å². The van der Waals surface area contributed by atoms with Crippen molar-refractivity contribution in [2.45, 2.75) is 56.2 Å². The van der Waals surface area contributed by atoms with Crippen molar-refractivity contribution in [3.8, 4) is 0 Å². The molecule has 1 unspecified atom stereocenters. The molecule has 1 aromatic heterocycles. The minimum absolute atomic E-state index is 0.0339. The molecule has 0 saturated heterocycles. The van der Waals surface area contributed by atoms with E-state index in [0.29, 0.717) is 10.0 Å². The first-order valence-corrected chi connectivity index (χ1v) is 8.26. The Morgan fingerprint density at radius 1 is 1.40 bits per heavy atom. The summed E-state index contributed by atoms with van der Waals surface area (Å²) < 4.78 is 0.618. The summed E-state index contributed by atoms with van der Waals surface area (Å²) in [5.41, 5.74) is 0.498. The summed E-state index contributed by atoms with van der Waals surface area (Å²) >= 11 is 2.42. The van der Waals surface area contributed by atoms with Crippen LogP contribution in [-0.4, -0.2) is 33.3 Å². The zero-order valence-corrected chi connectivity index (χ0v) is 13.7. The number of aryl methyl sites for hydroxylation is 1. The van der Waals surface area contributed by atoms with Crippen LogP contribution in [0, 0.1) is 6.92 Å². The monoisotopic (exact) mass is 316 g/mol. The van der Waals surface area contributed by atoms with Gasteiger partial charge in [-0.25, -0.2) is 9.78 Å². The average molecular weight is 316 g/mol. The normalized spacial score (nSPS) is 12.4. The number of amides is 1. The van der Waals surface area contributed by atoms with E-state index in [1.807, 2.05) is 13.8 Å². The zero-order valence-electron chi connectivity index (χ0n) is 12.1. The first-order chi connectivity index (χ1) is 9.38. The number of carboxylic acids is 1. The second kappa shape index (κ2) is 7.64. The van der Waals surface area contributed by atoms with Gasteiger partial charge in [0.25, 0.3) is 0 Å². The highest BCUT2D eigenvalue weighted by Gasteiger charge is 2.21. The van der Waals surface area contributed by atoms with Crippen molar-refractivity contribution in [3.05, 3.63) is 10.6 Å². The SMILES string of the molecule is CCC(CC)NC(=O)C(C)Sc1nc(C)c(C(=O)O)s1. The number of thiazole rings is 1. The number of carbonyl (C=O) groups excluding carboxylic acids is 1. The van der Waals surface area contributed by atoms with Crippen LogP contribution in [0.25, 0.3) is 0 Å². The van der Waals surface area contributed by atoms with Gasteiger partial charge in [-0.05, 0) is 26.7 Å². The highest BCUT2D eigenvalue weighted by molar-refractivity contribution is 8.02. The molecule has 0 radical (unpaired) electrons. The fourth-order valence-corrected chi connectivity index (χ4v) is 3.82. The summed E-state index contributed by atoms with van der Waals surface area (Å²) in [4.78, 5) is 27.4. The number of hydrogen-bond donors (Lipinski definition) is 2. The van der Waals surface area contributed by atoms with Gasteiger partial charge in [0.2, 0.25) is 5.91 Å². The van der Waals surface area contributed by atoms with Crippen LogP contribution >= 0.6 is 23.1 Å². The van der Waals surface area contributed by atoms with Gasteiger partial charge in [-0.3, -0.25) is 4.79 Å². The number of carbonyl (C=O) groups is 2. The quantitative estimate of drug-likeness (QED) is 0.756. The summed E-state index contributed by atoms with van der Waals surface area (Å²) in [5, 5.41) is 11.7. The first kappa shape index (κ1) is 17.0. The third kappa shape index (κ3) is 4.49. The molecule has 0 aromatic carbocycles. The molecule has 0 aliphatic rings.